The third-order valence-corrected chi connectivity index (χ3v) is 1.80. The fraction of sp³-hybridized carbons (Fsp3) is 0. The van der Waals surface area contributed by atoms with Gasteiger partial charge in [0.2, 0.25) is 0 Å². The zero-order valence-corrected chi connectivity index (χ0v) is 7.90. The Balaban J connectivity index is 2.02. The average molecular weight is 205 g/mol. The first-order valence-electron chi connectivity index (χ1n) is 4.34. The predicted octanol–water partition coefficient (Wildman–Crippen LogP) is 0.980. The van der Waals surface area contributed by atoms with Crippen LogP contribution in [0.25, 0.3) is 0 Å². The Bertz CT molecular complexity index is 453. The van der Waals surface area contributed by atoms with Crippen molar-refractivity contribution in [3.05, 3.63) is 30.3 Å². The Kier molecular flexibility index (Phi) is 2.32. The monoisotopic (exact) mass is 205 g/mol. The second-order valence-corrected chi connectivity index (χ2v) is 2.95. The molecule has 6 heteroatoms. The van der Waals surface area contributed by atoms with Crippen LogP contribution >= 0.6 is 0 Å². The highest BCUT2D eigenvalue weighted by Gasteiger charge is 2.00. The van der Waals surface area contributed by atoms with Crippen LogP contribution in [-0.4, -0.2) is 10.2 Å². The van der Waals surface area contributed by atoms with E-state index in [1.165, 1.54) is 0 Å². The summed E-state index contributed by atoms with van der Waals surface area (Å²) in [7, 11) is 0. The second kappa shape index (κ2) is 3.79. The smallest absolute Gasteiger partial charge is 0.266 e. The van der Waals surface area contributed by atoms with Crippen molar-refractivity contribution in [3.63, 3.8) is 0 Å². The summed E-state index contributed by atoms with van der Waals surface area (Å²) < 4.78 is 0. The van der Waals surface area contributed by atoms with Crippen LogP contribution < -0.4 is 21.8 Å². The molecule has 78 valence electrons. The van der Waals surface area contributed by atoms with Crippen molar-refractivity contribution >= 4 is 17.2 Å². The number of nitrogens with two attached hydrogens (primary N) is 2. The normalized spacial score (nSPS) is 9.87. The molecule has 2 rings (SSSR count). The van der Waals surface area contributed by atoms with Gasteiger partial charge in [0.15, 0.2) is 0 Å². The molecule has 1 heterocycles. The number of nitrogen functional groups attached to an aromatic ring is 2. The Morgan fingerprint density at radius 3 is 2.73 bits per heavy atom. The number of nitrogens with zero attached hydrogens (tertiary/aromatic N) is 1. The number of H-pyrrole nitrogens is 1. The average Bonchev–Trinajstić information content (AvgIpc) is 2.63. The van der Waals surface area contributed by atoms with E-state index >= 15 is 0 Å². The molecule has 0 spiro atoms. The van der Waals surface area contributed by atoms with Crippen molar-refractivity contribution in [2.75, 3.05) is 16.9 Å². The van der Waals surface area contributed by atoms with E-state index in [4.69, 9.17) is 16.3 Å². The fourth-order valence-corrected chi connectivity index (χ4v) is 1.07. The first-order chi connectivity index (χ1) is 7.25. The molecule has 0 aliphatic heterocycles. The number of anilines is 3. The lowest BCUT2D eigenvalue weighted by atomic mass is 10.3. The van der Waals surface area contributed by atoms with Crippen LogP contribution in [0.4, 0.5) is 17.2 Å². The lowest BCUT2D eigenvalue weighted by Gasteiger charge is -2.07. The molecule has 0 aliphatic carbocycles. The van der Waals surface area contributed by atoms with Crippen LogP contribution in [-0.2, 0) is 0 Å². The zero-order chi connectivity index (χ0) is 10.7. The van der Waals surface area contributed by atoms with Gasteiger partial charge in [-0.15, -0.1) is 5.10 Å². The maximum atomic E-state index is 5.69. The number of nitrogens with one attached hydrogen (secondary N) is 2. The van der Waals surface area contributed by atoms with Crippen LogP contribution in [0.1, 0.15) is 0 Å². The molecule has 15 heavy (non-hydrogen) atoms. The first kappa shape index (κ1) is 9.20. The zero-order valence-electron chi connectivity index (χ0n) is 7.90. The van der Waals surface area contributed by atoms with Crippen LogP contribution in [0.2, 0.25) is 0 Å². The first-order valence-corrected chi connectivity index (χ1v) is 4.34. The van der Waals surface area contributed by atoms with E-state index in [9.17, 15) is 0 Å². The molecular weight excluding hydrogens is 194 g/mol. The standard InChI is InChI=1S/C9H11N5O/c10-6-3-1-2-4-7(6)14-15-9-5-8(11)12-13-9/h1-5,14H,10H2,(H3,11,12,13). The Morgan fingerprint density at radius 1 is 1.27 bits per heavy atom. The molecule has 0 saturated heterocycles. The lowest BCUT2D eigenvalue weighted by Crippen LogP contribution is -2.06. The van der Waals surface area contributed by atoms with Gasteiger partial charge in [-0.3, -0.25) is 5.10 Å². The van der Waals surface area contributed by atoms with E-state index in [0.29, 0.717) is 23.1 Å². The van der Waals surface area contributed by atoms with Crippen molar-refractivity contribution in [3.8, 4) is 5.88 Å². The van der Waals surface area contributed by atoms with Crippen molar-refractivity contribution in [1.29, 1.82) is 0 Å². The maximum Gasteiger partial charge on any atom is 0.266 e. The summed E-state index contributed by atoms with van der Waals surface area (Å²) in [5, 5.41) is 6.34. The van der Waals surface area contributed by atoms with Crippen molar-refractivity contribution < 1.29 is 4.84 Å². The number of aromatic amines is 1. The quantitative estimate of drug-likeness (QED) is 0.442. The molecule has 2 aromatic rings. The molecular formula is C9H11N5O. The van der Waals surface area contributed by atoms with Crippen molar-refractivity contribution in [2.24, 2.45) is 0 Å². The predicted molar refractivity (Wildman–Crippen MR) is 58.1 cm³/mol. The van der Waals surface area contributed by atoms with Gasteiger partial charge in [0.25, 0.3) is 5.88 Å². The van der Waals surface area contributed by atoms with Gasteiger partial charge in [0.1, 0.15) is 5.82 Å². The number of hydrogen-bond donors (Lipinski definition) is 4. The van der Waals surface area contributed by atoms with E-state index in [2.05, 4.69) is 15.7 Å². The summed E-state index contributed by atoms with van der Waals surface area (Å²) in [4.78, 5) is 5.14. The van der Waals surface area contributed by atoms with Gasteiger partial charge >= 0.3 is 0 Å². The van der Waals surface area contributed by atoms with Crippen LogP contribution in [0.3, 0.4) is 0 Å². The van der Waals surface area contributed by atoms with E-state index in [0.717, 1.165) is 0 Å². The number of rotatable bonds is 3. The minimum absolute atomic E-state index is 0.357. The third kappa shape index (κ3) is 2.11. The fourth-order valence-electron chi connectivity index (χ4n) is 1.07. The second-order valence-electron chi connectivity index (χ2n) is 2.95. The number of hydrogen-bond acceptors (Lipinski definition) is 5. The van der Waals surface area contributed by atoms with Gasteiger partial charge in [-0.1, -0.05) is 12.1 Å². The van der Waals surface area contributed by atoms with Gasteiger partial charge in [0, 0.05) is 6.07 Å². The number of para-hydroxylation sites is 2. The highest BCUT2D eigenvalue weighted by Crippen LogP contribution is 2.18. The van der Waals surface area contributed by atoms with Crippen molar-refractivity contribution in [2.45, 2.75) is 0 Å². The molecule has 0 bridgehead atoms. The maximum absolute atomic E-state index is 5.69. The summed E-state index contributed by atoms with van der Waals surface area (Å²) in [6.07, 6.45) is 0. The summed E-state index contributed by atoms with van der Waals surface area (Å²) in [6, 6.07) is 8.82. The van der Waals surface area contributed by atoms with Gasteiger partial charge in [-0.25, -0.2) is 5.48 Å². The molecule has 0 unspecified atom stereocenters. The van der Waals surface area contributed by atoms with Crippen LogP contribution in [0, 0.1) is 0 Å². The van der Waals surface area contributed by atoms with Crippen LogP contribution in [0.15, 0.2) is 30.3 Å². The van der Waals surface area contributed by atoms with Gasteiger partial charge in [-0.05, 0) is 12.1 Å². The molecule has 6 N–H and O–H groups in total. The SMILES string of the molecule is Nc1cc(ONc2ccccc2N)n[nH]1. The van der Waals surface area contributed by atoms with Crippen molar-refractivity contribution in [1.82, 2.24) is 10.2 Å². The molecule has 0 radical (unpaired) electrons. The van der Waals surface area contributed by atoms with E-state index in [-0.39, 0.29) is 0 Å². The number of benzene rings is 1. The van der Waals surface area contributed by atoms with Gasteiger partial charge < -0.3 is 16.3 Å². The van der Waals surface area contributed by atoms with E-state index in [1.807, 2.05) is 12.1 Å². The number of aromatic nitrogens is 2. The highest BCUT2D eigenvalue weighted by atomic mass is 16.7. The summed E-state index contributed by atoms with van der Waals surface area (Å²) in [6.45, 7) is 0. The third-order valence-electron chi connectivity index (χ3n) is 1.80. The molecule has 0 amide bonds. The highest BCUT2D eigenvalue weighted by molar-refractivity contribution is 5.64. The molecule has 1 aromatic carbocycles. The minimum Gasteiger partial charge on any atom is -0.397 e. The summed E-state index contributed by atoms with van der Waals surface area (Å²) >= 11 is 0. The Morgan fingerprint density at radius 2 is 2.07 bits per heavy atom. The lowest BCUT2D eigenvalue weighted by molar-refractivity contribution is 0.388. The molecule has 0 aliphatic rings. The Labute approximate surface area is 86.2 Å². The molecule has 0 saturated carbocycles. The van der Waals surface area contributed by atoms with Gasteiger partial charge in [0.05, 0.1) is 11.4 Å². The molecule has 0 fully saturated rings. The molecule has 6 nitrogen and oxygen atoms in total. The van der Waals surface area contributed by atoms with Crippen LogP contribution in [0.5, 0.6) is 5.88 Å². The largest absolute Gasteiger partial charge is 0.397 e. The summed E-state index contributed by atoms with van der Waals surface area (Å²) in [5.74, 6) is 0.795. The van der Waals surface area contributed by atoms with E-state index in [1.54, 1.807) is 18.2 Å². The Hall–Kier alpha value is -2.37. The minimum atomic E-state index is 0.357. The molecule has 0 atom stereocenters. The summed E-state index contributed by atoms with van der Waals surface area (Å²) in [5.41, 5.74) is 15.1. The van der Waals surface area contributed by atoms with E-state index < -0.39 is 0 Å². The van der Waals surface area contributed by atoms with Gasteiger partial charge in [-0.2, -0.15) is 0 Å². The molecule has 1 aromatic heterocycles. The topological polar surface area (TPSA) is 102 Å².